The number of hydrogen-bond donors (Lipinski definition) is 2. The summed E-state index contributed by atoms with van der Waals surface area (Å²) in [6.07, 6.45) is 0.635. The fourth-order valence-electron chi connectivity index (χ4n) is 2.54. The minimum Gasteiger partial charge on any atom is -0.489 e. The molecular weight excluding hydrogens is 462 g/mol. The molecule has 0 amide bonds. The minimum absolute atomic E-state index is 0. The number of ether oxygens (including phenoxy) is 1. The Hall–Kier alpha value is -1.84. The van der Waals surface area contributed by atoms with Crippen molar-refractivity contribution in [3.8, 4) is 5.75 Å². The van der Waals surface area contributed by atoms with Crippen molar-refractivity contribution in [2.24, 2.45) is 4.99 Å². The van der Waals surface area contributed by atoms with Gasteiger partial charge in [-0.25, -0.2) is 9.38 Å². The predicted octanol–water partition coefficient (Wildman–Crippen LogP) is 3.61. The highest BCUT2D eigenvalue weighted by Crippen LogP contribution is 2.14. The smallest absolute Gasteiger partial charge is 0.191 e. The van der Waals surface area contributed by atoms with E-state index in [1.165, 1.54) is 12.1 Å². The molecule has 2 aromatic rings. The monoisotopic (exact) mass is 490 g/mol. The maximum absolute atomic E-state index is 13.2. The van der Waals surface area contributed by atoms with Gasteiger partial charge in [0.25, 0.3) is 0 Å². The van der Waals surface area contributed by atoms with Gasteiger partial charge in [-0.15, -0.1) is 24.0 Å². The van der Waals surface area contributed by atoms with Crippen LogP contribution in [0, 0.1) is 19.7 Å². The molecule has 8 heteroatoms. The first kappa shape index (κ1) is 23.2. The summed E-state index contributed by atoms with van der Waals surface area (Å²) in [4.78, 5) is 4.53. The van der Waals surface area contributed by atoms with Gasteiger partial charge in [-0.05, 0) is 46.2 Å². The second kappa shape index (κ2) is 11.8. The highest BCUT2D eigenvalue weighted by atomic mass is 127. The van der Waals surface area contributed by atoms with E-state index in [2.05, 4.69) is 20.8 Å². The van der Waals surface area contributed by atoms with Crippen LogP contribution in [0.25, 0.3) is 0 Å². The van der Waals surface area contributed by atoms with E-state index >= 15 is 0 Å². The van der Waals surface area contributed by atoms with Crippen LogP contribution in [0.3, 0.4) is 0 Å². The zero-order chi connectivity index (χ0) is 18.9. The Morgan fingerprint density at radius 1 is 1.33 bits per heavy atom. The molecule has 1 unspecified atom stereocenters. The lowest BCUT2D eigenvalue weighted by Crippen LogP contribution is -2.39. The molecule has 0 aliphatic rings. The van der Waals surface area contributed by atoms with Gasteiger partial charge >= 0.3 is 0 Å². The molecule has 1 aromatic carbocycles. The fraction of sp³-hybridized carbons (Fsp3) is 0.474. The first-order valence-corrected chi connectivity index (χ1v) is 8.85. The molecule has 1 heterocycles. The van der Waals surface area contributed by atoms with Crippen LogP contribution in [0.15, 0.2) is 33.8 Å². The van der Waals surface area contributed by atoms with Gasteiger partial charge in [-0.2, -0.15) is 0 Å². The Morgan fingerprint density at radius 3 is 2.74 bits per heavy atom. The van der Waals surface area contributed by atoms with E-state index < -0.39 is 0 Å². The molecule has 0 bridgehead atoms. The fourth-order valence-corrected chi connectivity index (χ4v) is 2.54. The van der Waals surface area contributed by atoms with Crippen molar-refractivity contribution in [1.29, 1.82) is 0 Å². The average Bonchev–Trinajstić information content (AvgIpc) is 2.91. The van der Waals surface area contributed by atoms with E-state index in [-0.39, 0.29) is 35.9 Å². The molecule has 27 heavy (non-hydrogen) atoms. The normalized spacial score (nSPS) is 12.3. The standard InChI is InChI=1S/C19H27FN4O2.HI/c1-5-21-19(22-10-9-18-14(3)24-26-15(18)4)23-12-13(2)25-17-8-6-7-16(20)11-17;/h6-8,11,13H,5,9-10,12H2,1-4H3,(H2,21,22,23);1H. The number of aryl methyl sites for hydroxylation is 2. The molecule has 1 atom stereocenters. The van der Waals surface area contributed by atoms with Crippen molar-refractivity contribution in [2.75, 3.05) is 19.6 Å². The second-order valence-electron chi connectivity index (χ2n) is 6.08. The van der Waals surface area contributed by atoms with Crippen molar-refractivity contribution in [2.45, 2.75) is 40.2 Å². The number of rotatable bonds is 8. The van der Waals surface area contributed by atoms with Gasteiger partial charge in [0, 0.05) is 24.7 Å². The number of benzene rings is 1. The van der Waals surface area contributed by atoms with Crippen molar-refractivity contribution in [3.05, 3.63) is 47.1 Å². The summed E-state index contributed by atoms with van der Waals surface area (Å²) >= 11 is 0. The number of nitrogens with one attached hydrogen (secondary N) is 2. The number of guanidine groups is 1. The number of aliphatic imine (C=N–C) groups is 1. The molecule has 0 fully saturated rings. The summed E-state index contributed by atoms with van der Waals surface area (Å²) in [6.45, 7) is 9.71. The molecule has 150 valence electrons. The summed E-state index contributed by atoms with van der Waals surface area (Å²) in [6, 6.07) is 6.12. The third kappa shape index (κ3) is 7.74. The van der Waals surface area contributed by atoms with Gasteiger partial charge in [0.05, 0.1) is 12.2 Å². The van der Waals surface area contributed by atoms with Crippen LogP contribution in [-0.2, 0) is 6.42 Å². The summed E-state index contributed by atoms with van der Waals surface area (Å²) in [7, 11) is 0. The Morgan fingerprint density at radius 2 is 2.11 bits per heavy atom. The molecule has 2 rings (SSSR count). The van der Waals surface area contributed by atoms with Crippen molar-refractivity contribution in [3.63, 3.8) is 0 Å². The van der Waals surface area contributed by atoms with Gasteiger partial charge in [-0.1, -0.05) is 11.2 Å². The molecule has 0 spiro atoms. The van der Waals surface area contributed by atoms with Crippen LogP contribution in [0.2, 0.25) is 0 Å². The molecular formula is C19H28FIN4O2. The number of halogens is 2. The van der Waals surface area contributed by atoms with Crippen molar-refractivity contribution < 1.29 is 13.7 Å². The molecule has 0 saturated carbocycles. The van der Waals surface area contributed by atoms with Gasteiger partial charge in [-0.3, -0.25) is 0 Å². The second-order valence-corrected chi connectivity index (χ2v) is 6.08. The van der Waals surface area contributed by atoms with Gasteiger partial charge < -0.3 is 19.9 Å². The largest absolute Gasteiger partial charge is 0.489 e. The highest BCUT2D eigenvalue weighted by molar-refractivity contribution is 14.0. The molecule has 0 aliphatic carbocycles. The first-order chi connectivity index (χ1) is 12.5. The Bertz CT molecular complexity index is 717. The Labute approximate surface area is 177 Å². The first-order valence-electron chi connectivity index (χ1n) is 8.85. The third-order valence-electron chi connectivity index (χ3n) is 3.83. The lowest BCUT2D eigenvalue weighted by Gasteiger charge is -2.15. The average molecular weight is 490 g/mol. The van der Waals surface area contributed by atoms with Crippen LogP contribution < -0.4 is 15.4 Å². The molecule has 6 nitrogen and oxygen atoms in total. The van der Waals surface area contributed by atoms with Crippen molar-refractivity contribution in [1.82, 2.24) is 15.8 Å². The van der Waals surface area contributed by atoms with Crippen LogP contribution in [-0.4, -0.2) is 36.9 Å². The Balaban J connectivity index is 0.00000364. The van der Waals surface area contributed by atoms with Crippen LogP contribution in [0.4, 0.5) is 4.39 Å². The maximum atomic E-state index is 13.2. The zero-order valence-electron chi connectivity index (χ0n) is 16.2. The topological polar surface area (TPSA) is 71.7 Å². The summed E-state index contributed by atoms with van der Waals surface area (Å²) < 4.78 is 24.1. The molecule has 0 saturated heterocycles. The van der Waals surface area contributed by atoms with E-state index in [0.717, 1.165) is 30.0 Å². The van der Waals surface area contributed by atoms with Crippen LogP contribution in [0.5, 0.6) is 5.75 Å². The van der Waals surface area contributed by atoms with Crippen LogP contribution >= 0.6 is 24.0 Å². The Kier molecular flexibility index (Phi) is 10.1. The van der Waals surface area contributed by atoms with Gasteiger partial charge in [0.1, 0.15) is 23.4 Å². The van der Waals surface area contributed by atoms with E-state index in [4.69, 9.17) is 9.26 Å². The molecule has 0 aliphatic heterocycles. The van der Waals surface area contributed by atoms with E-state index in [9.17, 15) is 4.39 Å². The van der Waals surface area contributed by atoms with E-state index in [1.54, 1.807) is 12.1 Å². The third-order valence-corrected chi connectivity index (χ3v) is 3.83. The maximum Gasteiger partial charge on any atom is 0.191 e. The predicted molar refractivity (Wildman–Crippen MR) is 116 cm³/mol. The SMILES string of the molecule is CCNC(=NCC(C)Oc1cccc(F)c1)NCCc1c(C)noc1C.I. The number of nitrogens with zero attached hydrogens (tertiary/aromatic N) is 2. The summed E-state index contributed by atoms with van der Waals surface area (Å²) in [5.41, 5.74) is 2.04. The molecule has 1 aromatic heterocycles. The van der Waals surface area contributed by atoms with E-state index in [1.807, 2.05) is 27.7 Å². The summed E-state index contributed by atoms with van der Waals surface area (Å²) in [5.74, 6) is 1.76. The zero-order valence-corrected chi connectivity index (χ0v) is 18.5. The van der Waals surface area contributed by atoms with E-state index in [0.29, 0.717) is 24.8 Å². The van der Waals surface area contributed by atoms with Crippen molar-refractivity contribution >= 4 is 29.9 Å². The van der Waals surface area contributed by atoms with Gasteiger partial charge in [0.15, 0.2) is 5.96 Å². The lowest BCUT2D eigenvalue weighted by atomic mass is 10.1. The number of aromatic nitrogens is 1. The number of hydrogen-bond acceptors (Lipinski definition) is 4. The highest BCUT2D eigenvalue weighted by Gasteiger charge is 2.09. The lowest BCUT2D eigenvalue weighted by molar-refractivity contribution is 0.229. The summed E-state index contributed by atoms with van der Waals surface area (Å²) in [5, 5.41) is 10.5. The van der Waals surface area contributed by atoms with Gasteiger partial charge in [0.2, 0.25) is 0 Å². The molecule has 2 N–H and O–H groups in total. The molecule has 0 radical (unpaired) electrons. The van der Waals surface area contributed by atoms with Crippen LogP contribution in [0.1, 0.15) is 30.9 Å². The minimum atomic E-state index is -0.312. The quantitative estimate of drug-likeness (QED) is 0.336.